The molecule has 0 aliphatic carbocycles. The van der Waals surface area contributed by atoms with E-state index in [9.17, 15) is 15.3 Å². The highest BCUT2D eigenvalue weighted by molar-refractivity contribution is 5.78. The van der Waals surface area contributed by atoms with E-state index in [1.54, 1.807) is 48.5 Å². The Morgan fingerprint density at radius 2 is 0.636 bits per heavy atom. The second kappa shape index (κ2) is 13.5. The fourth-order valence-electron chi connectivity index (χ4n) is 4.95. The number of hydrogen-bond donors (Lipinski definition) is 3. The van der Waals surface area contributed by atoms with Gasteiger partial charge in [-0.2, -0.15) is 0 Å². The molecule has 3 N–H and O–H groups in total. The van der Waals surface area contributed by atoms with Gasteiger partial charge in [0.05, 0.1) is 0 Å². The first kappa shape index (κ1) is 29.8. The van der Waals surface area contributed by atoms with E-state index in [1.807, 2.05) is 54.3 Å². The predicted octanol–water partition coefficient (Wildman–Crippen LogP) is 10.4. The highest BCUT2D eigenvalue weighted by Gasteiger charge is 2.14. The molecule has 0 bridgehead atoms. The normalized spacial score (nSPS) is 10.4. The molecule has 0 aliphatic heterocycles. The number of benzene rings is 6. The van der Waals surface area contributed by atoms with Crippen molar-refractivity contribution < 1.29 is 15.3 Å². The molecule has 0 aromatic heterocycles. The summed E-state index contributed by atoms with van der Waals surface area (Å²) in [5, 5.41) is 29.4. The third kappa shape index (κ3) is 7.39. The van der Waals surface area contributed by atoms with Crippen LogP contribution in [0.5, 0.6) is 17.2 Å². The van der Waals surface area contributed by atoms with E-state index in [4.69, 9.17) is 0 Å². The van der Waals surface area contributed by atoms with Crippen LogP contribution < -0.4 is 9.80 Å². The van der Waals surface area contributed by atoms with Crippen molar-refractivity contribution in [2.45, 2.75) is 20.8 Å². The number of hydrogen-bond acceptors (Lipinski definition) is 5. The van der Waals surface area contributed by atoms with Crippen molar-refractivity contribution in [3.8, 4) is 17.2 Å². The molecule has 0 spiro atoms. The molecule has 5 nitrogen and oxygen atoms in total. The molecule has 0 aliphatic rings. The molecule has 0 saturated carbocycles. The zero-order valence-electron chi connectivity index (χ0n) is 25.1. The van der Waals surface area contributed by atoms with Crippen molar-refractivity contribution in [3.05, 3.63) is 162 Å². The third-order valence-corrected chi connectivity index (χ3v) is 7.11. The van der Waals surface area contributed by atoms with Gasteiger partial charge in [-0.25, -0.2) is 0 Å². The second-order valence-electron chi connectivity index (χ2n) is 10.7. The number of anilines is 6. The first-order chi connectivity index (χ1) is 21.3. The van der Waals surface area contributed by atoms with Gasteiger partial charge >= 0.3 is 0 Å². The molecule has 220 valence electrons. The smallest absolute Gasteiger partial charge is 0.117 e. The van der Waals surface area contributed by atoms with Crippen molar-refractivity contribution in [1.29, 1.82) is 0 Å². The van der Waals surface area contributed by atoms with Gasteiger partial charge in [-0.1, -0.05) is 65.7 Å². The first-order valence-electron chi connectivity index (χ1n) is 14.4. The molecule has 6 aromatic carbocycles. The minimum atomic E-state index is 0.204. The van der Waals surface area contributed by atoms with Crippen LogP contribution in [0.25, 0.3) is 0 Å². The first-order valence-corrected chi connectivity index (χ1v) is 14.4. The van der Waals surface area contributed by atoms with Crippen molar-refractivity contribution in [2.75, 3.05) is 9.80 Å². The Kier molecular flexibility index (Phi) is 9.16. The largest absolute Gasteiger partial charge is 0.508 e. The topological polar surface area (TPSA) is 67.2 Å². The fourth-order valence-corrected chi connectivity index (χ4v) is 4.95. The second-order valence-corrected chi connectivity index (χ2v) is 10.7. The average Bonchev–Trinajstić information content (AvgIpc) is 3.00. The lowest BCUT2D eigenvalue weighted by molar-refractivity contribution is 0.474. The number of aryl methyl sites for hydroxylation is 3. The highest BCUT2D eigenvalue weighted by Crippen LogP contribution is 2.38. The standard InChI is InChI=1S/C20H19NO.C19H17NO2/c1-15-6-10-17(11-7-15)21(18-12-8-16(2)9-13-18)19-4-3-5-20(22)14-19;1-14-5-2-6-15(11-14)20(16-7-3-9-18(21)12-16)17-8-4-10-19(22)13-17/h3-14,22H,1-2H3;2-13,21-22H,1H3. The van der Waals surface area contributed by atoms with Gasteiger partial charge in [0.2, 0.25) is 0 Å². The van der Waals surface area contributed by atoms with Crippen molar-refractivity contribution in [2.24, 2.45) is 0 Å². The lowest BCUT2D eigenvalue weighted by Gasteiger charge is -2.26. The molecule has 0 amide bonds. The van der Waals surface area contributed by atoms with Gasteiger partial charge in [-0.05, 0) is 99.1 Å². The van der Waals surface area contributed by atoms with Crippen molar-refractivity contribution in [1.82, 2.24) is 0 Å². The summed E-state index contributed by atoms with van der Waals surface area (Å²) in [6.07, 6.45) is 0. The molecular formula is C39H36N2O3. The maximum Gasteiger partial charge on any atom is 0.117 e. The molecule has 6 rings (SSSR count). The summed E-state index contributed by atoms with van der Waals surface area (Å²) < 4.78 is 0. The van der Waals surface area contributed by atoms with Crippen LogP contribution in [-0.4, -0.2) is 15.3 Å². The summed E-state index contributed by atoms with van der Waals surface area (Å²) in [5.41, 5.74) is 9.30. The summed E-state index contributed by atoms with van der Waals surface area (Å²) in [6, 6.07) is 46.3. The molecule has 6 aromatic rings. The Bertz CT molecular complexity index is 1680. The zero-order chi connectivity index (χ0) is 31.1. The summed E-state index contributed by atoms with van der Waals surface area (Å²) in [5.74, 6) is 0.673. The molecule has 0 heterocycles. The number of phenols is 3. The van der Waals surface area contributed by atoms with Crippen LogP contribution in [0, 0.1) is 20.8 Å². The number of phenolic OH excluding ortho intramolecular Hbond substituents is 3. The summed E-state index contributed by atoms with van der Waals surface area (Å²) in [7, 11) is 0. The van der Waals surface area contributed by atoms with E-state index in [1.165, 1.54) is 11.1 Å². The van der Waals surface area contributed by atoms with Crippen LogP contribution in [0.1, 0.15) is 16.7 Å². The van der Waals surface area contributed by atoms with Crippen LogP contribution >= 0.6 is 0 Å². The minimum Gasteiger partial charge on any atom is -0.508 e. The molecule has 0 fully saturated rings. The van der Waals surface area contributed by atoms with Crippen molar-refractivity contribution in [3.63, 3.8) is 0 Å². The minimum absolute atomic E-state index is 0.204. The highest BCUT2D eigenvalue weighted by atomic mass is 16.3. The molecule has 44 heavy (non-hydrogen) atoms. The lowest BCUT2D eigenvalue weighted by Crippen LogP contribution is -2.09. The van der Waals surface area contributed by atoms with E-state index in [2.05, 4.69) is 73.3 Å². The molecule has 0 unspecified atom stereocenters. The number of nitrogens with zero attached hydrogens (tertiary/aromatic N) is 2. The van der Waals surface area contributed by atoms with Crippen LogP contribution in [-0.2, 0) is 0 Å². The van der Waals surface area contributed by atoms with E-state index >= 15 is 0 Å². The summed E-state index contributed by atoms with van der Waals surface area (Å²) in [6.45, 7) is 6.19. The molecule has 0 radical (unpaired) electrons. The third-order valence-electron chi connectivity index (χ3n) is 7.11. The Morgan fingerprint density at radius 1 is 0.318 bits per heavy atom. The van der Waals surface area contributed by atoms with Crippen LogP contribution in [0.2, 0.25) is 0 Å². The van der Waals surface area contributed by atoms with E-state index in [0.29, 0.717) is 0 Å². The van der Waals surface area contributed by atoms with Crippen LogP contribution in [0.4, 0.5) is 34.1 Å². The quantitative estimate of drug-likeness (QED) is 0.183. The van der Waals surface area contributed by atoms with Gasteiger partial charge in [-0.15, -0.1) is 0 Å². The van der Waals surface area contributed by atoms with Crippen molar-refractivity contribution >= 4 is 34.1 Å². The van der Waals surface area contributed by atoms with E-state index in [-0.39, 0.29) is 17.2 Å². The van der Waals surface area contributed by atoms with Gasteiger partial charge in [0.25, 0.3) is 0 Å². The van der Waals surface area contributed by atoms with Crippen LogP contribution in [0.15, 0.2) is 146 Å². The Hall–Kier alpha value is -5.68. The number of rotatable bonds is 6. The van der Waals surface area contributed by atoms with Gasteiger partial charge in [-0.3, -0.25) is 0 Å². The molecule has 0 atom stereocenters. The predicted molar refractivity (Wildman–Crippen MR) is 181 cm³/mol. The SMILES string of the molecule is Cc1ccc(N(c2ccc(C)cc2)c2cccc(O)c2)cc1.Cc1cccc(N(c2cccc(O)c2)c2cccc(O)c2)c1. The summed E-state index contributed by atoms with van der Waals surface area (Å²) in [4.78, 5) is 4.13. The molecule has 0 saturated heterocycles. The fraction of sp³-hybridized carbons (Fsp3) is 0.0769. The van der Waals surface area contributed by atoms with Crippen LogP contribution in [0.3, 0.4) is 0 Å². The Labute approximate surface area is 259 Å². The maximum absolute atomic E-state index is 9.82. The van der Waals surface area contributed by atoms with Gasteiger partial charge in [0.1, 0.15) is 17.2 Å². The van der Waals surface area contributed by atoms with E-state index < -0.39 is 0 Å². The average molecular weight is 581 g/mol. The van der Waals surface area contributed by atoms with Gasteiger partial charge in [0.15, 0.2) is 0 Å². The maximum atomic E-state index is 9.82. The lowest BCUT2D eigenvalue weighted by atomic mass is 10.1. The molecule has 5 heteroatoms. The Balaban J connectivity index is 0.000000175. The summed E-state index contributed by atoms with van der Waals surface area (Å²) >= 11 is 0. The Morgan fingerprint density at radius 3 is 0.977 bits per heavy atom. The van der Waals surface area contributed by atoms with Gasteiger partial charge in [0, 0.05) is 52.3 Å². The zero-order valence-corrected chi connectivity index (χ0v) is 25.1. The van der Waals surface area contributed by atoms with Gasteiger partial charge < -0.3 is 25.1 Å². The monoisotopic (exact) mass is 580 g/mol. The molecular weight excluding hydrogens is 544 g/mol. The number of aromatic hydroxyl groups is 3. The van der Waals surface area contributed by atoms with E-state index in [0.717, 1.165) is 39.7 Å².